The molecule has 0 fully saturated rings. The minimum atomic E-state index is -0.273. The van der Waals surface area contributed by atoms with Gasteiger partial charge in [0.2, 0.25) is 5.91 Å². The number of methoxy groups -OCH3 is 1. The molecule has 118 valence electrons. The van der Waals surface area contributed by atoms with Crippen molar-refractivity contribution < 1.29 is 9.53 Å². The van der Waals surface area contributed by atoms with Crippen molar-refractivity contribution in [2.75, 3.05) is 12.4 Å². The predicted molar refractivity (Wildman–Crippen MR) is 92.4 cm³/mol. The monoisotopic (exact) mass is 328 g/mol. The highest BCUT2D eigenvalue weighted by Gasteiger charge is 2.11. The molecule has 2 aromatic heterocycles. The maximum atomic E-state index is 12.3. The molecule has 0 unspecified atom stereocenters. The highest BCUT2D eigenvalue weighted by atomic mass is 32.1. The molecule has 3 rings (SSSR count). The van der Waals surface area contributed by atoms with Crippen LogP contribution in [0.1, 0.15) is 5.56 Å². The largest absolute Gasteiger partial charge is 0.495 e. The topological polar surface area (TPSA) is 60.3 Å². The molecule has 3 aromatic rings. The number of pyridine rings is 1. The molecule has 0 aliphatic rings. The van der Waals surface area contributed by atoms with Gasteiger partial charge >= 0.3 is 0 Å². The van der Waals surface area contributed by atoms with Crippen LogP contribution >= 0.6 is 11.3 Å². The number of thiophene rings is 1. The summed E-state index contributed by atoms with van der Waals surface area (Å²) in [5.41, 5.74) is 1.45. The summed E-state index contributed by atoms with van der Waals surface area (Å²) in [6.45, 7) is 1.89. The lowest BCUT2D eigenvalue weighted by atomic mass is 10.2. The fourth-order valence-corrected chi connectivity index (χ4v) is 3.17. The van der Waals surface area contributed by atoms with Gasteiger partial charge in [-0.25, -0.2) is 0 Å². The molecule has 1 N–H and O–H groups in total. The van der Waals surface area contributed by atoms with Crippen LogP contribution in [0, 0.1) is 6.92 Å². The fraction of sp³-hybridized carbons (Fsp3) is 0.176. The molecule has 1 aromatic carbocycles. The predicted octanol–water partition coefficient (Wildman–Crippen LogP) is 3.02. The maximum Gasteiger partial charge on any atom is 0.259 e. The first-order valence-electron chi connectivity index (χ1n) is 7.09. The summed E-state index contributed by atoms with van der Waals surface area (Å²) in [4.78, 5) is 24.6. The zero-order valence-electron chi connectivity index (χ0n) is 12.8. The van der Waals surface area contributed by atoms with Crippen molar-refractivity contribution >= 4 is 33.0 Å². The number of nitrogens with one attached hydrogen (secondary N) is 1. The quantitative estimate of drug-likeness (QED) is 0.801. The van der Waals surface area contributed by atoms with Gasteiger partial charge in [-0.15, -0.1) is 11.3 Å². The van der Waals surface area contributed by atoms with E-state index in [0.717, 1.165) is 10.3 Å². The van der Waals surface area contributed by atoms with Gasteiger partial charge in [0.25, 0.3) is 5.56 Å². The summed E-state index contributed by atoms with van der Waals surface area (Å²) in [5.74, 6) is 0.315. The molecule has 0 aliphatic heterocycles. The lowest BCUT2D eigenvalue weighted by Crippen LogP contribution is -2.27. The van der Waals surface area contributed by atoms with E-state index in [2.05, 4.69) is 5.32 Å². The second kappa shape index (κ2) is 6.26. The average molecular weight is 328 g/mol. The number of hydrogen-bond donors (Lipinski definition) is 1. The number of aromatic nitrogens is 1. The minimum Gasteiger partial charge on any atom is -0.495 e. The molecule has 6 heteroatoms. The van der Waals surface area contributed by atoms with E-state index in [4.69, 9.17) is 4.74 Å². The Morgan fingerprint density at radius 2 is 2.13 bits per heavy atom. The van der Waals surface area contributed by atoms with Crippen LogP contribution in [0.2, 0.25) is 0 Å². The van der Waals surface area contributed by atoms with E-state index in [0.29, 0.717) is 16.8 Å². The summed E-state index contributed by atoms with van der Waals surface area (Å²) in [6.07, 6.45) is 1.65. The number of aryl methyl sites for hydroxylation is 1. The Kier molecular flexibility index (Phi) is 4.16. The second-order valence-electron chi connectivity index (χ2n) is 5.20. The first kappa shape index (κ1) is 15.3. The zero-order valence-corrected chi connectivity index (χ0v) is 13.6. The van der Waals surface area contributed by atoms with Crippen LogP contribution < -0.4 is 15.6 Å². The van der Waals surface area contributed by atoms with E-state index < -0.39 is 0 Å². The van der Waals surface area contributed by atoms with Crippen LogP contribution in [0.25, 0.3) is 10.1 Å². The molecule has 0 saturated heterocycles. The highest BCUT2D eigenvalue weighted by molar-refractivity contribution is 7.17. The van der Waals surface area contributed by atoms with Crippen LogP contribution in [-0.2, 0) is 11.3 Å². The van der Waals surface area contributed by atoms with Crippen molar-refractivity contribution in [3.05, 3.63) is 57.8 Å². The van der Waals surface area contributed by atoms with Crippen molar-refractivity contribution in [1.29, 1.82) is 0 Å². The Morgan fingerprint density at radius 3 is 2.91 bits per heavy atom. The van der Waals surface area contributed by atoms with Gasteiger partial charge in [-0.1, -0.05) is 6.07 Å². The summed E-state index contributed by atoms with van der Waals surface area (Å²) >= 11 is 1.51. The second-order valence-corrected chi connectivity index (χ2v) is 6.15. The SMILES string of the molecule is COc1ccc(C)cc1NC(=O)Cn1ccc2sccc2c1=O. The van der Waals surface area contributed by atoms with E-state index in [-0.39, 0.29) is 18.0 Å². The third-order valence-corrected chi connectivity index (χ3v) is 4.42. The smallest absolute Gasteiger partial charge is 0.259 e. The summed E-state index contributed by atoms with van der Waals surface area (Å²) in [7, 11) is 1.55. The number of carbonyl (C=O) groups excluding carboxylic acids is 1. The number of ether oxygens (including phenoxy) is 1. The number of rotatable bonds is 4. The maximum absolute atomic E-state index is 12.3. The Hall–Kier alpha value is -2.60. The number of nitrogens with zero attached hydrogens (tertiary/aromatic N) is 1. The van der Waals surface area contributed by atoms with Gasteiger partial charge in [0.1, 0.15) is 12.3 Å². The molecular formula is C17H16N2O3S. The van der Waals surface area contributed by atoms with Gasteiger partial charge in [0, 0.05) is 10.9 Å². The zero-order chi connectivity index (χ0) is 16.4. The van der Waals surface area contributed by atoms with Crippen LogP contribution in [0.3, 0.4) is 0 Å². The summed E-state index contributed by atoms with van der Waals surface area (Å²) in [5, 5.41) is 5.31. The van der Waals surface area contributed by atoms with Gasteiger partial charge in [-0.3, -0.25) is 9.59 Å². The standard InChI is InChI=1S/C17H16N2O3S/c1-11-3-4-14(22-2)13(9-11)18-16(20)10-19-7-5-15-12(17(19)21)6-8-23-15/h3-9H,10H2,1-2H3,(H,18,20). The Morgan fingerprint density at radius 1 is 1.30 bits per heavy atom. The Balaban J connectivity index is 1.83. The fourth-order valence-electron chi connectivity index (χ4n) is 2.40. The van der Waals surface area contributed by atoms with Crippen molar-refractivity contribution in [2.45, 2.75) is 13.5 Å². The third-order valence-electron chi connectivity index (χ3n) is 3.54. The van der Waals surface area contributed by atoms with Gasteiger partial charge in [0.15, 0.2) is 0 Å². The molecule has 1 amide bonds. The number of fused-ring (bicyclic) bond motifs is 1. The van der Waals surface area contributed by atoms with Gasteiger partial charge < -0.3 is 14.6 Å². The average Bonchev–Trinajstić information content (AvgIpc) is 3.00. The van der Waals surface area contributed by atoms with Crippen molar-refractivity contribution in [3.63, 3.8) is 0 Å². The lowest BCUT2D eigenvalue weighted by Gasteiger charge is -2.12. The lowest BCUT2D eigenvalue weighted by molar-refractivity contribution is -0.116. The molecule has 0 atom stereocenters. The Bertz CT molecular complexity index is 927. The molecular weight excluding hydrogens is 312 g/mol. The van der Waals surface area contributed by atoms with Crippen LogP contribution in [0.5, 0.6) is 5.75 Å². The number of benzene rings is 1. The van der Waals surface area contributed by atoms with Crippen LogP contribution in [0.15, 0.2) is 46.7 Å². The van der Waals surface area contributed by atoms with Crippen LogP contribution in [-0.4, -0.2) is 17.6 Å². The molecule has 5 nitrogen and oxygen atoms in total. The number of hydrogen-bond acceptors (Lipinski definition) is 4. The summed E-state index contributed by atoms with van der Waals surface area (Å²) < 4.78 is 7.57. The van der Waals surface area contributed by atoms with E-state index >= 15 is 0 Å². The molecule has 0 aliphatic carbocycles. The number of anilines is 1. The van der Waals surface area contributed by atoms with Gasteiger partial charge in [0.05, 0.1) is 18.2 Å². The summed E-state index contributed by atoms with van der Waals surface area (Å²) in [6, 6.07) is 9.17. The van der Waals surface area contributed by atoms with Crippen molar-refractivity contribution in [2.24, 2.45) is 0 Å². The normalized spacial score (nSPS) is 10.7. The number of carbonyl (C=O) groups is 1. The van der Waals surface area contributed by atoms with E-state index in [1.807, 2.05) is 30.5 Å². The molecule has 0 spiro atoms. The third kappa shape index (κ3) is 3.12. The minimum absolute atomic E-state index is 0.0400. The van der Waals surface area contributed by atoms with Gasteiger partial charge in [-0.2, -0.15) is 0 Å². The van der Waals surface area contributed by atoms with E-state index in [1.165, 1.54) is 15.9 Å². The molecule has 0 bridgehead atoms. The Labute approximate surface area is 137 Å². The first-order valence-corrected chi connectivity index (χ1v) is 7.97. The van der Waals surface area contributed by atoms with E-state index in [1.54, 1.807) is 25.4 Å². The van der Waals surface area contributed by atoms with E-state index in [9.17, 15) is 9.59 Å². The molecule has 2 heterocycles. The van der Waals surface area contributed by atoms with Crippen molar-refractivity contribution in [3.8, 4) is 5.75 Å². The van der Waals surface area contributed by atoms with Gasteiger partial charge in [-0.05, 0) is 42.1 Å². The molecule has 0 radical (unpaired) electrons. The first-order chi connectivity index (χ1) is 11.1. The highest BCUT2D eigenvalue weighted by Crippen LogP contribution is 2.25. The number of amides is 1. The molecule has 23 heavy (non-hydrogen) atoms. The van der Waals surface area contributed by atoms with Crippen LogP contribution in [0.4, 0.5) is 5.69 Å². The van der Waals surface area contributed by atoms with Crippen molar-refractivity contribution in [1.82, 2.24) is 4.57 Å². The molecule has 0 saturated carbocycles.